The number of carboxylic acid groups (broad SMARTS) is 1. The van der Waals surface area contributed by atoms with Gasteiger partial charge in [0.25, 0.3) is 5.69 Å². The van der Waals surface area contributed by atoms with E-state index in [1.165, 1.54) is 6.07 Å². The fourth-order valence-electron chi connectivity index (χ4n) is 2.43. The van der Waals surface area contributed by atoms with Gasteiger partial charge >= 0.3 is 5.97 Å². The van der Waals surface area contributed by atoms with Crippen molar-refractivity contribution in [3.63, 3.8) is 0 Å². The van der Waals surface area contributed by atoms with Crippen molar-refractivity contribution in [2.24, 2.45) is 0 Å². The molecule has 1 atom stereocenters. The van der Waals surface area contributed by atoms with Crippen LogP contribution in [0.2, 0.25) is 0 Å². The Hall–Kier alpha value is -2.21. The second-order valence-corrected chi connectivity index (χ2v) is 4.71. The third-order valence-electron chi connectivity index (χ3n) is 3.42. The number of nitrogens with zero attached hydrogens (tertiary/aromatic N) is 2. The highest BCUT2D eigenvalue weighted by molar-refractivity contribution is 5.73. The van der Waals surface area contributed by atoms with Crippen LogP contribution >= 0.6 is 0 Å². The molecule has 106 valence electrons. The van der Waals surface area contributed by atoms with Gasteiger partial charge in [0.2, 0.25) is 0 Å². The second-order valence-electron chi connectivity index (χ2n) is 4.71. The number of nitro groups is 1. The SMILES string of the molecule is O=C(O)[C@H]1CCCN1C/C=C/c1ccccc1[N+](=O)[O-]. The normalized spacial score (nSPS) is 19.5. The fourth-order valence-corrected chi connectivity index (χ4v) is 2.43. The molecule has 6 heteroatoms. The maximum Gasteiger partial charge on any atom is 0.320 e. The monoisotopic (exact) mass is 276 g/mol. The van der Waals surface area contributed by atoms with Crippen molar-refractivity contribution in [3.05, 3.63) is 46.0 Å². The average Bonchev–Trinajstić information content (AvgIpc) is 2.87. The van der Waals surface area contributed by atoms with Gasteiger partial charge in [-0.15, -0.1) is 0 Å². The predicted octanol–water partition coefficient (Wildman–Crippen LogP) is 2.16. The predicted molar refractivity (Wildman–Crippen MR) is 74.4 cm³/mol. The van der Waals surface area contributed by atoms with Crippen molar-refractivity contribution in [2.75, 3.05) is 13.1 Å². The molecular formula is C14H16N2O4. The Labute approximate surface area is 116 Å². The van der Waals surface area contributed by atoms with E-state index in [1.807, 2.05) is 4.90 Å². The molecule has 20 heavy (non-hydrogen) atoms. The van der Waals surface area contributed by atoms with E-state index >= 15 is 0 Å². The van der Waals surface area contributed by atoms with Gasteiger partial charge in [0.05, 0.1) is 10.5 Å². The summed E-state index contributed by atoms with van der Waals surface area (Å²) in [7, 11) is 0. The maximum atomic E-state index is 11.0. The minimum Gasteiger partial charge on any atom is -0.480 e. The molecule has 1 aliphatic heterocycles. The third-order valence-corrected chi connectivity index (χ3v) is 3.42. The van der Waals surface area contributed by atoms with E-state index in [2.05, 4.69) is 0 Å². The Morgan fingerprint density at radius 1 is 1.50 bits per heavy atom. The summed E-state index contributed by atoms with van der Waals surface area (Å²) in [5.74, 6) is -0.804. The van der Waals surface area contributed by atoms with E-state index in [4.69, 9.17) is 5.11 Å². The Bertz CT molecular complexity index is 542. The molecule has 1 aliphatic rings. The standard InChI is InChI=1S/C14H16N2O4/c17-14(18)13-8-4-10-15(13)9-3-6-11-5-1-2-7-12(11)16(19)20/h1-3,5-7,13H,4,8-10H2,(H,17,18)/b6-3+/t13-/m1/s1. The molecule has 1 aromatic rings. The molecule has 0 saturated carbocycles. The number of carbonyl (C=O) groups is 1. The first-order valence-corrected chi connectivity index (χ1v) is 6.46. The number of rotatable bonds is 5. The van der Waals surface area contributed by atoms with Crippen LogP contribution in [-0.4, -0.2) is 40.0 Å². The fraction of sp³-hybridized carbons (Fsp3) is 0.357. The summed E-state index contributed by atoms with van der Waals surface area (Å²) in [5.41, 5.74) is 0.587. The molecule has 0 radical (unpaired) electrons. The lowest BCUT2D eigenvalue weighted by molar-refractivity contribution is -0.385. The van der Waals surface area contributed by atoms with Crippen molar-refractivity contribution >= 4 is 17.7 Å². The molecule has 1 fully saturated rings. The first kappa shape index (κ1) is 14.2. The summed E-state index contributed by atoms with van der Waals surface area (Å²) < 4.78 is 0. The van der Waals surface area contributed by atoms with Crippen molar-refractivity contribution < 1.29 is 14.8 Å². The van der Waals surface area contributed by atoms with Crippen LogP contribution in [0, 0.1) is 10.1 Å². The molecule has 6 nitrogen and oxygen atoms in total. The molecular weight excluding hydrogens is 260 g/mol. The van der Waals surface area contributed by atoms with Gasteiger partial charge in [-0.05, 0) is 25.5 Å². The van der Waals surface area contributed by atoms with Crippen molar-refractivity contribution in [3.8, 4) is 0 Å². The molecule has 0 aliphatic carbocycles. The Morgan fingerprint density at radius 2 is 2.25 bits per heavy atom. The summed E-state index contributed by atoms with van der Waals surface area (Å²) >= 11 is 0. The Morgan fingerprint density at radius 3 is 2.95 bits per heavy atom. The zero-order valence-corrected chi connectivity index (χ0v) is 10.9. The lowest BCUT2D eigenvalue weighted by Crippen LogP contribution is -2.35. The highest BCUT2D eigenvalue weighted by atomic mass is 16.6. The summed E-state index contributed by atoms with van der Waals surface area (Å²) in [5, 5.41) is 19.9. The molecule has 0 spiro atoms. The highest BCUT2D eigenvalue weighted by Crippen LogP contribution is 2.20. The van der Waals surface area contributed by atoms with Crippen molar-refractivity contribution in [2.45, 2.75) is 18.9 Å². The molecule has 0 amide bonds. The van der Waals surface area contributed by atoms with Crippen LogP contribution in [0.3, 0.4) is 0 Å². The van der Waals surface area contributed by atoms with Crippen LogP contribution in [0.15, 0.2) is 30.3 Å². The van der Waals surface area contributed by atoms with Crippen molar-refractivity contribution in [1.82, 2.24) is 4.90 Å². The topological polar surface area (TPSA) is 83.7 Å². The lowest BCUT2D eigenvalue weighted by Gasteiger charge is -2.18. The molecule has 1 saturated heterocycles. The molecule has 0 bridgehead atoms. The van der Waals surface area contributed by atoms with Crippen LogP contribution in [-0.2, 0) is 4.79 Å². The van der Waals surface area contributed by atoms with Crippen LogP contribution in [0.1, 0.15) is 18.4 Å². The molecule has 1 aromatic carbocycles. The third kappa shape index (κ3) is 3.21. The number of carboxylic acids is 1. The number of hydrogen-bond acceptors (Lipinski definition) is 4. The lowest BCUT2D eigenvalue weighted by atomic mass is 10.1. The van der Waals surface area contributed by atoms with Gasteiger partial charge in [0, 0.05) is 12.6 Å². The number of benzene rings is 1. The van der Waals surface area contributed by atoms with E-state index < -0.39 is 16.9 Å². The largest absolute Gasteiger partial charge is 0.480 e. The summed E-state index contributed by atoms with van der Waals surface area (Å²) in [6.07, 6.45) is 4.99. The van der Waals surface area contributed by atoms with E-state index in [1.54, 1.807) is 30.4 Å². The van der Waals surface area contributed by atoms with Gasteiger partial charge in [-0.3, -0.25) is 19.8 Å². The van der Waals surface area contributed by atoms with Gasteiger partial charge in [-0.25, -0.2) is 0 Å². The second kappa shape index (κ2) is 6.29. The molecule has 0 aromatic heterocycles. The quantitative estimate of drug-likeness (QED) is 0.658. The van der Waals surface area contributed by atoms with Crippen LogP contribution in [0.4, 0.5) is 5.69 Å². The zero-order valence-electron chi connectivity index (χ0n) is 10.9. The van der Waals surface area contributed by atoms with Gasteiger partial charge < -0.3 is 5.11 Å². The number of para-hydroxylation sites is 1. The number of hydrogen-bond donors (Lipinski definition) is 1. The smallest absolute Gasteiger partial charge is 0.320 e. The first-order valence-electron chi connectivity index (χ1n) is 6.46. The Balaban J connectivity index is 2.04. The zero-order chi connectivity index (χ0) is 14.5. The minimum atomic E-state index is -0.804. The number of aliphatic carboxylic acids is 1. The molecule has 2 rings (SSSR count). The maximum absolute atomic E-state index is 11.0. The van der Waals surface area contributed by atoms with Crippen LogP contribution in [0.5, 0.6) is 0 Å². The summed E-state index contributed by atoms with van der Waals surface area (Å²) in [6.45, 7) is 1.24. The van der Waals surface area contributed by atoms with Crippen LogP contribution in [0.25, 0.3) is 6.08 Å². The molecule has 1 heterocycles. The minimum absolute atomic E-state index is 0.0555. The van der Waals surface area contributed by atoms with Crippen LogP contribution < -0.4 is 0 Å². The first-order chi connectivity index (χ1) is 9.59. The van der Waals surface area contributed by atoms with E-state index in [0.29, 0.717) is 18.5 Å². The summed E-state index contributed by atoms with van der Waals surface area (Å²) in [4.78, 5) is 23.3. The van der Waals surface area contributed by atoms with E-state index in [0.717, 1.165) is 13.0 Å². The van der Waals surface area contributed by atoms with Gasteiger partial charge in [0.15, 0.2) is 0 Å². The highest BCUT2D eigenvalue weighted by Gasteiger charge is 2.29. The average molecular weight is 276 g/mol. The van der Waals surface area contributed by atoms with Gasteiger partial charge in [-0.1, -0.05) is 24.3 Å². The number of likely N-dealkylation sites (tertiary alicyclic amines) is 1. The Kier molecular flexibility index (Phi) is 4.47. The van der Waals surface area contributed by atoms with E-state index in [-0.39, 0.29) is 5.69 Å². The molecule has 1 N–H and O–H groups in total. The van der Waals surface area contributed by atoms with Gasteiger partial charge in [0.1, 0.15) is 6.04 Å². The van der Waals surface area contributed by atoms with Crippen molar-refractivity contribution in [1.29, 1.82) is 0 Å². The van der Waals surface area contributed by atoms with Gasteiger partial charge in [-0.2, -0.15) is 0 Å². The van der Waals surface area contributed by atoms with E-state index in [9.17, 15) is 14.9 Å². The molecule has 0 unspecified atom stereocenters. The summed E-state index contributed by atoms with van der Waals surface area (Å²) in [6, 6.07) is 6.05. The number of nitro benzene ring substituents is 1.